The average molecular weight is 318 g/mol. The number of hydrogen-bond donors (Lipinski definition) is 2. The molecule has 6 nitrogen and oxygen atoms in total. The first-order valence-electron chi connectivity index (χ1n) is 7.88. The number of amides is 2. The second-order valence-electron chi connectivity index (χ2n) is 5.84. The largest absolute Gasteiger partial charge is 0.452 e. The van der Waals surface area contributed by atoms with E-state index >= 15 is 0 Å². The van der Waals surface area contributed by atoms with Crippen molar-refractivity contribution in [2.75, 3.05) is 5.32 Å². The van der Waals surface area contributed by atoms with Gasteiger partial charge in [-0.25, -0.2) is 0 Å². The molecule has 23 heavy (non-hydrogen) atoms. The first-order valence-corrected chi connectivity index (χ1v) is 7.88. The Bertz CT molecular complexity index is 577. The number of anilines is 1. The van der Waals surface area contributed by atoms with Crippen molar-refractivity contribution in [2.45, 2.75) is 45.1 Å². The molecular weight excluding hydrogens is 296 g/mol. The number of hydrogen-bond acceptors (Lipinski definition) is 4. The molecule has 124 valence electrons. The molecule has 0 radical (unpaired) electrons. The smallest absolute Gasteiger partial charge is 0.309 e. The number of nitrogens with two attached hydrogens (primary N) is 1. The van der Waals surface area contributed by atoms with Crippen molar-refractivity contribution < 1.29 is 19.1 Å². The lowest BCUT2D eigenvalue weighted by Crippen LogP contribution is -2.32. The van der Waals surface area contributed by atoms with E-state index in [1.165, 1.54) is 12.1 Å². The Morgan fingerprint density at radius 1 is 1.13 bits per heavy atom. The topological polar surface area (TPSA) is 98.5 Å². The highest BCUT2D eigenvalue weighted by Crippen LogP contribution is 2.25. The van der Waals surface area contributed by atoms with Crippen LogP contribution in [-0.2, 0) is 14.3 Å². The molecule has 1 saturated carbocycles. The number of benzene rings is 1. The molecular formula is C17H22N2O4. The van der Waals surface area contributed by atoms with Gasteiger partial charge in [0.1, 0.15) is 0 Å². The zero-order valence-electron chi connectivity index (χ0n) is 13.2. The lowest BCUT2D eigenvalue weighted by atomic mass is 9.89. The summed E-state index contributed by atoms with van der Waals surface area (Å²) in [7, 11) is 0. The molecule has 1 aromatic rings. The summed E-state index contributed by atoms with van der Waals surface area (Å²) in [5.74, 6) is -1.32. The maximum Gasteiger partial charge on any atom is 0.309 e. The van der Waals surface area contributed by atoms with Crippen LogP contribution in [0.25, 0.3) is 0 Å². The Morgan fingerprint density at radius 3 is 2.30 bits per heavy atom. The fraction of sp³-hybridized carbons (Fsp3) is 0.471. The highest BCUT2D eigenvalue weighted by atomic mass is 16.5. The summed E-state index contributed by atoms with van der Waals surface area (Å²) in [6.07, 6.45) is 4.03. The van der Waals surface area contributed by atoms with E-state index in [1.54, 1.807) is 19.1 Å². The zero-order chi connectivity index (χ0) is 16.8. The minimum absolute atomic E-state index is 0.0890. The molecule has 0 saturated heterocycles. The molecule has 0 aliphatic heterocycles. The standard InChI is InChI=1S/C17H22N2O4/c1-11(23-17(22)13-5-3-2-4-6-13)16(21)19-14-9-7-12(8-10-14)15(18)20/h7-11,13H,2-6H2,1H3,(H2,18,20)(H,19,21)/t11-/m1/s1. The van der Waals surface area contributed by atoms with Crippen LogP contribution in [0.5, 0.6) is 0 Å². The number of esters is 1. The molecule has 1 aromatic carbocycles. The molecule has 1 atom stereocenters. The number of ether oxygens (including phenoxy) is 1. The Kier molecular flexibility index (Phi) is 5.73. The van der Waals surface area contributed by atoms with Crippen LogP contribution >= 0.6 is 0 Å². The van der Waals surface area contributed by atoms with E-state index in [9.17, 15) is 14.4 Å². The molecule has 0 aromatic heterocycles. The fourth-order valence-corrected chi connectivity index (χ4v) is 2.62. The van der Waals surface area contributed by atoms with Crippen LogP contribution in [0.15, 0.2) is 24.3 Å². The van der Waals surface area contributed by atoms with Gasteiger partial charge in [-0.2, -0.15) is 0 Å². The Hall–Kier alpha value is -2.37. The SMILES string of the molecule is C[C@@H](OC(=O)C1CCCCC1)C(=O)Nc1ccc(C(N)=O)cc1. The van der Waals surface area contributed by atoms with Gasteiger partial charge in [-0.05, 0) is 44.0 Å². The molecule has 0 bridgehead atoms. The molecule has 3 N–H and O–H groups in total. The van der Waals surface area contributed by atoms with E-state index in [0.29, 0.717) is 11.3 Å². The second-order valence-corrected chi connectivity index (χ2v) is 5.84. The second kappa shape index (κ2) is 7.76. The quantitative estimate of drug-likeness (QED) is 0.813. The minimum atomic E-state index is -0.861. The summed E-state index contributed by atoms with van der Waals surface area (Å²) in [5, 5.41) is 2.65. The van der Waals surface area contributed by atoms with Crippen molar-refractivity contribution in [2.24, 2.45) is 11.7 Å². The van der Waals surface area contributed by atoms with E-state index in [-0.39, 0.29) is 11.9 Å². The average Bonchev–Trinajstić information content (AvgIpc) is 2.56. The van der Waals surface area contributed by atoms with Crippen molar-refractivity contribution in [3.8, 4) is 0 Å². The predicted molar refractivity (Wildman–Crippen MR) is 85.7 cm³/mol. The summed E-state index contributed by atoms with van der Waals surface area (Å²) in [6, 6.07) is 6.20. The van der Waals surface area contributed by atoms with E-state index in [0.717, 1.165) is 32.1 Å². The van der Waals surface area contributed by atoms with Crippen LogP contribution in [-0.4, -0.2) is 23.9 Å². The van der Waals surface area contributed by atoms with Gasteiger partial charge in [0.25, 0.3) is 5.91 Å². The van der Waals surface area contributed by atoms with Crippen LogP contribution in [0, 0.1) is 5.92 Å². The summed E-state index contributed by atoms with van der Waals surface area (Å²) in [6.45, 7) is 1.55. The normalized spacial score (nSPS) is 16.4. The maximum absolute atomic E-state index is 12.1. The molecule has 0 spiro atoms. The maximum atomic E-state index is 12.1. The predicted octanol–water partition coefficient (Wildman–Crippen LogP) is 2.24. The molecule has 6 heteroatoms. The van der Waals surface area contributed by atoms with Crippen LogP contribution in [0.2, 0.25) is 0 Å². The van der Waals surface area contributed by atoms with E-state index in [2.05, 4.69) is 5.32 Å². The van der Waals surface area contributed by atoms with Crippen molar-refractivity contribution in [1.29, 1.82) is 0 Å². The number of primary amides is 1. The van der Waals surface area contributed by atoms with Gasteiger partial charge in [-0.15, -0.1) is 0 Å². The summed E-state index contributed by atoms with van der Waals surface area (Å²) in [5.41, 5.74) is 6.03. The fourth-order valence-electron chi connectivity index (χ4n) is 2.62. The molecule has 1 aliphatic carbocycles. The monoisotopic (exact) mass is 318 g/mol. The van der Waals surface area contributed by atoms with Gasteiger partial charge in [0.15, 0.2) is 6.10 Å². The third kappa shape index (κ3) is 4.81. The van der Waals surface area contributed by atoms with Crippen molar-refractivity contribution in [3.63, 3.8) is 0 Å². The van der Waals surface area contributed by atoms with Crippen molar-refractivity contribution in [1.82, 2.24) is 0 Å². The summed E-state index contributed by atoms with van der Waals surface area (Å²) >= 11 is 0. The highest BCUT2D eigenvalue weighted by Gasteiger charge is 2.26. The lowest BCUT2D eigenvalue weighted by Gasteiger charge is -2.22. The van der Waals surface area contributed by atoms with Crippen LogP contribution in [0.4, 0.5) is 5.69 Å². The van der Waals surface area contributed by atoms with Gasteiger partial charge in [0.2, 0.25) is 5.91 Å². The molecule has 1 fully saturated rings. The number of carbonyl (C=O) groups excluding carboxylic acids is 3. The first kappa shape index (κ1) is 17.0. The highest BCUT2D eigenvalue weighted by molar-refractivity contribution is 5.96. The Balaban J connectivity index is 1.86. The van der Waals surface area contributed by atoms with Crippen LogP contribution in [0.3, 0.4) is 0 Å². The van der Waals surface area contributed by atoms with E-state index in [4.69, 9.17) is 10.5 Å². The molecule has 0 unspecified atom stereocenters. The van der Waals surface area contributed by atoms with Crippen LogP contribution < -0.4 is 11.1 Å². The zero-order valence-corrected chi connectivity index (χ0v) is 13.2. The third-order valence-electron chi connectivity index (χ3n) is 4.04. The van der Waals surface area contributed by atoms with Gasteiger partial charge >= 0.3 is 5.97 Å². The van der Waals surface area contributed by atoms with Crippen molar-refractivity contribution >= 4 is 23.5 Å². The van der Waals surface area contributed by atoms with E-state index < -0.39 is 17.9 Å². The molecule has 0 heterocycles. The number of nitrogens with one attached hydrogen (secondary N) is 1. The van der Waals surface area contributed by atoms with Gasteiger partial charge in [0, 0.05) is 11.3 Å². The summed E-state index contributed by atoms with van der Waals surface area (Å²) in [4.78, 5) is 35.1. The Labute approximate surface area is 135 Å². The van der Waals surface area contributed by atoms with Gasteiger partial charge < -0.3 is 15.8 Å². The Morgan fingerprint density at radius 2 is 1.74 bits per heavy atom. The van der Waals surface area contributed by atoms with E-state index in [1.807, 2.05) is 0 Å². The molecule has 2 rings (SSSR count). The summed E-state index contributed by atoms with van der Waals surface area (Å²) < 4.78 is 5.26. The minimum Gasteiger partial charge on any atom is -0.452 e. The third-order valence-corrected chi connectivity index (χ3v) is 4.04. The van der Waals surface area contributed by atoms with Crippen LogP contribution in [0.1, 0.15) is 49.4 Å². The molecule has 2 amide bonds. The van der Waals surface area contributed by atoms with Gasteiger partial charge in [0.05, 0.1) is 5.92 Å². The van der Waals surface area contributed by atoms with Gasteiger partial charge in [-0.3, -0.25) is 14.4 Å². The number of rotatable bonds is 5. The molecule has 1 aliphatic rings. The number of carbonyl (C=O) groups is 3. The lowest BCUT2D eigenvalue weighted by molar-refractivity contribution is -0.158. The van der Waals surface area contributed by atoms with Crippen molar-refractivity contribution in [3.05, 3.63) is 29.8 Å². The van der Waals surface area contributed by atoms with Gasteiger partial charge in [-0.1, -0.05) is 19.3 Å². The first-order chi connectivity index (χ1) is 11.0.